The molecule has 248 valence electrons. The van der Waals surface area contributed by atoms with Gasteiger partial charge in [0, 0.05) is 70.2 Å². The Morgan fingerprint density at radius 2 is 1.77 bits per heavy atom. The number of pyridine rings is 2. The molecule has 0 saturated carbocycles. The van der Waals surface area contributed by atoms with E-state index in [9.17, 15) is 18.4 Å². The van der Waals surface area contributed by atoms with E-state index in [-0.39, 0.29) is 23.9 Å². The van der Waals surface area contributed by atoms with Gasteiger partial charge in [-0.1, -0.05) is 19.9 Å². The molecule has 0 saturated heterocycles. The Morgan fingerprint density at radius 3 is 2.40 bits per heavy atom. The molecule has 2 aromatic carbocycles. The zero-order valence-corrected chi connectivity index (χ0v) is 27.9. The number of amides is 1. The molecule has 3 heterocycles. The summed E-state index contributed by atoms with van der Waals surface area (Å²) in [6.45, 7) is 6.20. The number of nitrogens with zero attached hydrogens (tertiary/aromatic N) is 3. The molecular weight excluding hydrogens is 624 g/mol. The standard InChI is InChI=1S/C23H23FN4O2S.C10H10FNO2.C2H6/c1-25-16-4-6-20(17(24)11-16)30-21-7-8-27-19-12-22(31-23(19)21)18-5-3-15(14-28-18)13-26-9-10-29-2;1-12(10(14)6-7-13)9-4-2-8(11)3-5-9;1-2/h3-8,11-12,14,25-26H,9-10,13H2,1-2H3;2-5,7H,6H2,1H3;1-2H3. The largest absolute Gasteiger partial charge is 0.453 e. The number of aldehydes is 1. The summed E-state index contributed by atoms with van der Waals surface area (Å²) in [5.74, 6) is -0.359. The van der Waals surface area contributed by atoms with Gasteiger partial charge < -0.3 is 29.8 Å². The third-order valence-corrected chi connectivity index (χ3v) is 7.71. The monoisotopic (exact) mass is 663 g/mol. The molecule has 47 heavy (non-hydrogen) atoms. The van der Waals surface area contributed by atoms with Crippen molar-refractivity contribution in [1.82, 2.24) is 15.3 Å². The van der Waals surface area contributed by atoms with Crippen LogP contribution in [-0.4, -0.2) is 56.5 Å². The molecule has 12 heteroatoms. The van der Waals surface area contributed by atoms with Gasteiger partial charge in [0.15, 0.2) is 11.6 Å². The normalized spacial score (nSPS) is 10.3. The van der Waals surface area contributed by atoms with Gasteiger partial charge in [-0.2, -0.15) is 0 Å². The minimum Gasteiger partial charge on any atom is -0.453 e. The Labute approximate surface area is 277 Å². The summed E-state index contributed by atoms with van der Waals surface area (Å²) in [7, 11) is 4.97. The highest BCUT2D eigenvalue weighted by Gasteiger charge is 2.14. The fourth-order valence-electron chi connectivity index (χ4n) is 4.08. The van der Waals surface area contributed by atoms with E-state index >= 15 is 0 Å². The summed E-state index contributed by atoms with van der Waals surface area (Å²) in [5.41, 5.74) is 4.00. The molecule has 5 rings (SSSR count). The number of methoxy groups -OCH3 is 1. The first kappa shape index (κ1) is 36.7. The summed E-state index contributed by atoms with van der Waals surface area (Å²) < 4.78 is 38.7. The molecule has 1 amide bonds. The van der Waals surface area contributed by atoms with Gasteiger partial charge in [0.05, 0.1) is 33.8 Å². The van der Waals surface area contributed by atoms with Crippen LogP contribution in [0.1, 0.15) is 25.8 Å². The molecule has 0 fully saturated rings. The zero-order chi connectivity index (χ0) is 34.2. The van der Waals surface area contributed by atoms with Crippen molar-refractivity contribution in [3.8, 4) is 22.1 Å². The minimum atomic E-state index is -0.426. The Morgan fingerprint density at radius 1 is 1.00 bits per heavy atom. The van der Waals surface area contributed by atoms with Crippen LogP contribution in [0.4, 0.5) is 20.2 Å². The van der Waals surface area contributed by atoms with Gasteiger partial charge in [0.25, 0.3) is 0 Å². The number of carbonyl (C=O) groups is 2. The highest BCUT2D eigenvalue weighted by Crippen LogP contribution is 2.39. The van der Waals surface area contributed by atoms with Crippen molar-refractivity contribution >= 4 is 45.1 Å². The average molecular weight is 664 g/mol. The maximum Gasteiger partial charge on any atom is 0.233 e. The maximum atomic E-state index is 14.4. The predicted octanol–water partition coefficient (Wildman–Crippen LogP) is 7.47. The maximum absolute atomic E-state index is 14.4. The molecular formula is C35H39F2N5O4S. The summed E-state index contributed by atoms with van der Waals surface area (Å²) in [5, 5.41) is 6.21. The van der Waals surface area contributed by atoms with E-state index in [1.165, 1.54) is 46.6 Å². The van der Waals surface area contributed by atoms with Crippen LogP contribution >= 0.6 is 11.3 Å². The van der Waals surface area contributed by atoms with Gasteiger partial charge in [0.1, 0.15) is 17.9 Å². The Bertz CT molecular complexity index is 1720. The van der Waals surface area contributed by atoms with E-state index in [2.05, 4.69) is 26.7 Å². The number of rotatable bonds is 12. The first-order chi connectivity index (χ1) is 22.8. The molecule has 0 aliphatic heterocycles. The number of thiophene rings is 1. The lowest BCUT2D eigenvalue weighted by Crippen LogP contribution is -2.26. The summed E-state index contributed by atoms with van der Waals surface area (Å²) >= 11 is 1.52. The van der Waals surface area contributed by atoms with Crippen LogP contribution in [0.25, 0.3) is 20.8 Å². The Hall–Kier alpha value is -4.78. The average Bonchev–Trinajstić information content (AvgIpc) is 3.55. The van der Waals surface area contributed by atoms with Gasteiger partial charge in [-0.05, 0) is 54.1 Å². The lowest BCUT2D eigenvalue weighted by Gasteiger charge is -2.15. The number of anilines is 2. The molecule has 0 aliphatic carbocycles. The molecule has 0 bridgehead atoms. The van der Waals surface area contributed by atoms with Crippen molar-refractivity contribution < 1.29 is 27.8 Å². The number of aromatic nitrogens is 2. The number of ether oxygens (including phenoxy) is 2. The van der Waals surface area contributed by atoms with Gasteiger partial charge in [-0.3, -0.25) is 14.8 Å². The van der Waals surface area contributed by atoms with Crippen molar-refractivity contribution in [3.63, 3.8) is 0 Å². The molecule has 2 N–H and O–H groups in total. The number of nitrogens with one attached hydrogen (secondary N) is 2. The van der Waals surface area contributed by atoms with E-state index in [0.29, 0.717) is 30.0 Å². The van der Waals surface area contributed by atoms with Crippen molar-refractivity contribution in [2.75, 3.05) is 44.6 Å². The van der Waals surface area contributed by atoms with Crippen LogP contribution in [0.15, 0.2) is 79.1 Å². The van der Waals surface area contributed by atoms with Crippen LogP contribution in [0.5, 0.6) is 11.5 Å². The summed E-state index contributed by atoms with van der Waals surface area (Å²) in [6.07, 6.45) is 3.91. The highest BCUT2D eigenvalue weighted by molar-refractivity contribution is 7.22. The number of benzene rings is 2. The summed E-state index contributed by atoms with van der Waals surface area (Å²) in [4.78, 5) is 32.6. The fraction of sp³-hybridized carbons (Fsp3) is 0.257. The molecule has 0 spiro atoms. The second-order valence-corrected chi connectivity index (χ2v) is 10.7. The van der Waals surface area contributed by atoms with E-state index in [0.717, 1.165) is 39.4 Å². The molecule has 9 nitrogen and oxygen atoms in total. The second-order valence-electron chi connectivity index (χ2n) is 9.65. The first-order valence-electron chi connectivity index (χ1n) is 15.0. The second kappa shape index (κ2) is 19.0. The lowest BCUT2D eigenvalue weighted by atomic mass is 10.2. The van der Waals surface area contributed by atoms with Crippen molar-refractivity contribution in [3.05, 3.63) is 96.3 Å². The van der Waals surface area contributed by atoms with E-state index in [1.807, 2.05) is 32.2 Å². The van der Waals surface area contributed by atoms with Crippen LogP contribution in [-0.2, 0) is 20.9 Å². The summed E-state index contributed by atoms with van der Waals surface area (Å²) in [6, 6.07) is 18.1. The van der Waals surface area contributed by atoms with E-state index < -0.39 is 5.82 Å². The third kappa shape index (κ3) is 10.6. The number of hydrogen-bond acceptors (Lipinski definition) is 9. The van der Waals surface area contributed by atoms with Crippen LogP contribution in [0.3, 0.4) is 0 Å². The van der Waals surface area contributed by atoms with Crippen LogP contribution in [0.2, 0.25) is 0 Å². The lowest BCUT2D eigenvalue weighted by molar-refractivity contribution is -0.121. The molecule has 0 unspecified atom stereocenters. The molecule has 0 aliphatic rings. The first-order valence-corrected chi connectivity index (χ1v) is 15.8. The van der Waals surface area contributed by atoms with Gasteiger partial charge in [-0.15, -0.1) is 11.3 Å². The van der Waals surface area contributed by atoms with E-state index in [4.69, 9.17) is 9.47 Å². The molecule has 3 aromatic heterocycles. The SMILES string of the molecule is CC.CN(C(=O)CC=O)c1ccc(F)cc1.CNc1ccc(Oc2ccnc3cc(-c4ccc(CNCCOC)cn4)sc23)c(F)c1. The number of carbonyl (C=O) groups excluding carboxylic acids is 2. The number of halogens is 2. The quantitative estimate of drug-likeness (QED) is 0.0805. The van der Waals surface area contributed by atoms with Crippen molar-refractivity contribution in [1.29, 1.82) is 0 Å². The van der Waals surface area contributed by atoms with E-state index in [1.54, 1.807) is 45.6 Å². The minimum absolute atomic E-state index is 0.159. The fourth-order valence-corrected chi connectivity index (χ4v) is 5.12. The Kier molecular flexibility index (Phi) is 14.8. The predicted molar refractivity (Wildman–Crippen MR) is 184 cm³/mol. The number of hydrogen-bond donors (Lipinski definition) is 2. The molecule has 0 atom stereocenters. The molecule has 5 aromatic rings. The van der Waals surface area contributed by atoms with Crippen molar-refractivity contribution in [2.45, 2.75) is 26.8 Å². The van der Waals surface area contributed by atoms with Crippen LogP contribution < -0.4 is 20.3 Å². The third-order valence-electron chi connectivity index (χ3n) is 6.55. The number of fused-ring (bicyclic) bond motifs is 1. The Balaban J connectivity index is 0.000000315. The topological polar surface area (TPSA) is 106 Å². The smallest absolute Gasteiger partial charge is 0.233 e. The van der Waals surface area contributed by atoms with Crippen LogP contribution in [0, 0.1) is 11.6 Å². The van der Waals surface area contributed by atoms with Gasteiger partial charge in [-0.25, -0.2) is 8.78 Å². The van der Waals surface area contributed by atoms with Gasteiger partial charge in [0.2, 0.25) is 5.91 Å². The highest BCUT2D eigenvalue weighted by atomic mass is 32.1. The molecule has 0 radical (unpaired) electrons. The zero-order valence-electron chi connectivity index (χ0n) is 27.1. The van der Waals surface area contributed by atoms with Crippen molar-refractivity contribution in [2.24, 2.45) is 0 Å². The van der Waals surface area contributed by atoms with Gasteiger partial charge >= 0.3 is 0 Å².